The molecule has 4 aromatic carbocycles. The topological polar surface area (TPSA) is 105 Å². The third-order valence-corrected chi connectivity index (χ3v) is 5.56. The second kappa shape index (κ2) is 12.3. The van der Waals surface area contributed by atoms with Gasteiger partial charge < -0.3 is 23.7 Å². The SMILES string of the molecule is COc1ccc(C(=O)Oc2ccc3ccccc3c2/C=N/NC(=O)COc2ccccc2OC)cc1OC. The molecule has 0 bridgehead atoms. The molecule has 0 aliphatic carbocycles. The Bertz CT molecular complexity index is 1480. The van der Waals surface area contributed by atoms with E-state index in [4.69, 9.17) is 23.7 Å². The number of carbonyl (C=O) groups excluding carboxylic acids is 2. The molecule has 1 amide bonds. The first kappa shape index (κ1) is 26.0. The molecule has 9 heteroatoms. The molecule has 38 heavy (non-hydrogen) atoms. The highest BCUT2D eigenvalue weighted by atomic mass is 16.5. The van der Waals surface area contributed by atoms with E-state index in [1.807, 2.05) is 30.3 Å². The minimum absolute atomic E-state index is 0.269. The van der Waals surface area contributed by atoms with Gasteiger partial charge in [-0.2, -0.15) is 5.10 Å². The molecule has 0 fully saturated rings. The molecule has 0 heterocycles. The van der Waals surface area contributed by atoms with Gasteiger partial charge in [-0.1, -0.05) is 42.5 Å². The molecule has 4 rings (SSSR count). The standard InChI is InChI=1S/C29H26N2O7/c1-34-24-10-6-7-11-26(24)37-18-28(32)31-30-17-22-21-9-5-4-8-19(21)12-14-23(22)38-29(33)20-13-15-25(35-2)27(16-20)36-3/h4-17H,18H2,1-3H3,(H,31,32)/b30-17+. The summed E-state index contributed by atoms with van der Waals surface area (Å²) < 4.78 is 27.0. The molecule has 1 N–H and O–H groups in total. The number of hydrogen-bond donors (Lipinski definition) is 1. The molecule has 0 aliphatic heterocycles. The van der Waals surface area contributed by atoms with Gasteiger partial charge in [-0.3, -0.25) is 4.79 Å². The van der Waals surface area contributed by atoms with Crippen molar-refractivity contribution in [2.24, 2.45) is 5.10 Å². The van der Waals surface area contributed by atoms with E-state index >= 15 is 0 Å². The number of amides is 1. The van der Waals surface area contributed by atoms with Gasteiger partial charge in [0.25, 0.3) is 5.91 Å². The largest absolute Gasteiger partial charge is 0.493 e. The first-order valence-corrected chi connectivity index (χ1v) is 11.6. The number of hydrogen-bond acceptors (Lipinski definition) is 8. The summed E-state index contributed by atoms with van der Waals surface area (Å²) in [6.07, 6.45) is 1.43. The molecule has 0 radical (unpaired) electrons. The molecule has 0 unspecified atom stereocenters. The normalized spacial score (nSPS) is 10.7. The van der Waals surface area contributed by atoms with E-state index in [0.717, 1.165) is 10.8 Å². The second-order valence-electron chi connectivity index (χ2n) is 7.89. The van der Waals surface area contributed by atoms with Crippen molar-refractivity contribution in [3.8, 4) is 28.7 Å². The van der Waals surface area contributed by atoms with E-state index in [2.05, 4.69) is 10.5 Å². The van der Waals surface area contributed by atoms with Crippen molar-refractivity contribution >= 4 is 28.9 Å². The van der Waals surface area contributed by atoms with Gasteiger partial charge in [-0.05, 0) is 47.2 Å². The van der Waals surface area contributed by atoms with Gasteiger partial charge in [-0.15, -0.1) is 0 Å². The monoisotopic (exact) mass is 514 g/mol. The fourth-order valence-corrected chi connectivity index (χ4v) is 3.70. The molecule has 0 spiro atoms. The predicted molar refractivity (Wildman–Crippen MR) is 143 cm³/mol. The van der Waals surface area contributed by atoms with Crippen molar-refractivity contribution in [3.05, 3.63) is 90.0 Å². The van der Waals surface area contributed by atoms with Gasteiger partial charge in [0.05, 0.1) is 33.1 Å². The maximum absolute atomic E-state index is 13.0. The van der Waals surface area contributed by atoms with E-state index in [1.165, 1.54) is 33.6 Å². The van der Waals surface area contributed by atoms with Crippen LogP contribution in [0.15, 0.2) is 84.0 Å². The van der Waals surface area contributed by atoms with E-state index in [0.29, 0.717) is 28.6 Å². The predicted octanol–water partition coefficient (Wildman–Crippen LogP) is 4.61. The van der Waals surface area contributed by atoms with Crippen molar-refractivity contribution in [2.45, 2.75) is 0 Å². The summed E-state index contributed by atoms with van der Waals surface area (Å²) >= 11 is 0. The molecule has 0 aromatic heterocycles. The summed E-state index contributed by atoms with van der Waals surface area (Å²) in [6.45, 7) is -0.269. The van der Waals surface area contributed by atoms with Crippen molar-refractivity contribution in [1.29, 1.82) is 0 Å². The van der Waals surface area contributed by atoms with Crippen LogP contribution in [-0.4, -0.2) is 46.0 Å². The molecule has 0 atom stereocenters. The zero-order chi connectivity index (χ0) is 26.9. The fourth-order valence-electron chi connectivity index (χ4n) is 3.70. The molecule has 9 nitrogen and oxygen atoms in total. The molecule has 4 aromatic rings. The average Bonchev–Trinajstić information content (AvgIpc) is 2.96. The maximum Gasteiger partial charge on any atom is 0.343 e. The van der Waals surface area contributed by atoms with Crippen LogP contribution in [0.4, 0.5) is 0 Å². The van der Waals surface area contributed by atoms with Crippen LogP contribution < -0.4 is 29.1 Å². The summed E-state index contributed by atoms with van der Waals surface area (Å²) in [6, 6.07) is 22.8. The van der Waals surface area contributed by atoms with Gasteiger partial charge in [0.15, 0.2) is 29.6 Å². The van der Waals surface area contributed by atoms with E-state index < -0.39 is 11.9 Å². The number of benzene rings is 4. The lowest BCUT2D eigenvalue weighted by molar-refractivity contribution is -0.123. The number of para-hydroxylation sites is 2. The van der Waals surface area contributed by atoms with Crippen LogP contribution in [0.2, 0.25) is 0 Å². The van der Waals surface area contributed by atoms with Gasteiger partial charge >= 0.3 is 5.97 Å². The maximum atomic E-state index is 13.0. The second-order valence-corrected chi connectivity index (χ2v) is 7.89. The minimum Gasteiger partial charge on any atom is -0.493 e. The van der Waals surface area contributed by atoms with Gasteiger partial charge in [0.1, 0.15) is 5.75 Å². The van der Waals surface area contributed by atoms with Gasteiger partial charge in [0.2, 0.25) is 0 Å². The number of carbonyl (C=O) groups is 2. The lowest BCUT2D eigenvalue weighted by Gasteiger charge is -2.12. The molecular weight excluding hydrogens is 488 g/mol. The Kier molecular flexibility index (Phi) is 8.40. The van der Waals surface area contributed by atoms with Crippen molar-refractivity contribution in [1.82, 2.24) is 5.43 Å². The number of nitrogens with zero attached hydrogens (tertiary/aromatic N) is 1. The van der Waals surface area contributed by atoms with Crippen LogP contribution in [0.5, 0.6) is 28.7 Å². The van der Waals surface area contributed by atoms with Crippen LogP contribution in [0.1, 0.15) is 15.9 Å². The average molecular weight is 515 g/mol. The summed E-state index contributed by atoms with van der Waals surface area (Å²) in [5, 5.41) is 5.77. The Morgan fingerprint density at radius 2 is 1.42 bits per heavy atom. The highest BCUT2D eigenvalue weighted by Gasteiger charge is 2.16. The van der Waals surface area contributed by atoms with E-state index in [-0.39, 0.29) is 17.9 Å². The van der Waals surface area contributed by atoms with Crippen molar-refractivity contribution in [3.63, 3.8) is 0 Å². The summed E-state index contributed by atoms with van der Waals surface area (Å²) in [5.74, 6) is 1.05. The Balaban J connectivity index is 1.52. The zero-order valence-corrected chi connectivity index (χ0v) is 21.1. The lowest BCUT2D eigenvalue weighted by Crippen LogP contribution is -2.24. The van der Waals surface area contributed by atoms with Crippen LogP contribution in [0.25, 0.3) is 10.8 Å². The number of methoxy groups -OCH3 is 3. The summed E-state index contributed by atoms with van der Waals surface area (Å²) in [4.78, 5) is 25.3. The third-order valence-electron chi connectivity index (χ3n) is 5.56. The number of rotatable bonds is 10. The number of ether oxygens (including phenoxy) is 5. The Morgan fingerprint density at radius 3 is 2.18 bits per heavy atom. The summed E-state index contributed by atoms with van der Waals surface area (Å²) in [7, 11) is 4.52. The highest BCUT2D eigenvalue weighted by Crippen LogP contribution is 2.30. The van der Waals surface area contributed by atoms with Crippen LogP contribution in [0.3, 0.4) is 0 Å². The number of hydrazone groups is 1. The van der Waals surface area contributed by atoms with Crippen LogP contribution in [0, 0.1) is 0 Å². The fraction of sp³-hybridized carbons (Fsp3) is 0.138. The van der Waals surface area contributed by atoms with Crippen molar-refractivity contribution in [2.75, 3.05) is 27.9 Å². The molecule has 0 saturated carbocycles. The third kappa shape index (κ3) is 6.01. The van der Waals surface area contributed by atoms with Gasteiger partial charge in [-0.25, -0.2) is 10.2 Å². The number of fused-ring (bicyclic) bond motifs is 1. The smallest absolute Gasteiger partial charge is 0.343 e. The summed E-state index contributed by atoms with van der Waals surface area (Å²) in [5.41, 5.74) is 3.23. The molecular formula is C29H26N2O7. The van der Waals surface area contributed by atoms with Gasteiger partial charge in [0, 0.05) is 5.56 Å². The molecule has 0 aliphatic rings. The van der Waals surface area contributed by atoms with E-state index in [9.17, 15) is 9.59 Å². The van der Waals surface area contributed by atoms with E-state index in [1.54, 1.807) is 42.5 Å². The quantitative estimate of drug-likeness (QED) is 0.143. The van der Waals surface area contributed by atoms with Crippen molar-refractivity contribution < 1.29 is 33.3 Å². The zero-order valence-electron chi connectivity index (χ0n) is 21.1. The lowest BCUT2D eigenvalue weighted by atomic mass is 10.0. The van der Waals surface area contributed by atoms with Crippen LogP contribution >= 0.6 is 0 Å². The molecule has 0 saturated heterocycles. The molecule has 194 valence electrons. The Morgan fingerprint density at radius 1 is 0.763 bits per heavy atom. The first-order valence-electron chi connectivity index (χ1n) is 11.6. The number of esters is 1. The Labute approximate surface area is 219 Å². The Hall–Kier alpha value is -5.05. The first-order chi connectivity index (χ1) is 18.5. The minimum atomic E-state index is -0.592. The highest BCUT2D eigenvalue weighted by molar-refractivity contribution is 6.04. The van der Waals surface area contributed by atoms with Crippen LogP contribution in [-0.2, 0) is 4.79 Å². The number of nitrogens with one attached hydrogen (secondary N) is 1.